The van der Waals surface area contributed by atoms with Crippen LogP contribution in [0.1, 0.15) is 18.0 Å². The Labute approximate surface area is 127 Å². The van der Waals surface area contributed by atoms with Crippen LogP contribution in [0.25, 0.3) is 0 Å². The van der Waals surface area contributed by atoms with Crippen LogP contribution in [0.15, 0.2) is 30.3 Å². The predicted molar refractivity (Wildman–Crippen MR) is 84.0 cm³/mol. The SMILES string of the molecule is COCCOCCCNCC1CNNC1c1ccccc1. The molecule has 3 N–H and O–H groups in total. The van der Waals surface area contributed by atoms with E-state index in [1.54, 1.807) is 7.11 Å². The molecule has 21 heavy (non-hydrogen) atoms. The first kappa shape index (κ1) is 16.4. The number of hydrogen-bond donors (Lipinski definition) is 3. The molecule has 1 aliphatic rings. The molecule has 1 heterocycles. The molecule has 0 aromatic heterocycles. The van der Waals surface area contributed by atoms with Crippen molar-refractivity contribution in [2.75, 3.05) is 46.6 Å². The van der Waals surface area contributed by atoms with Crippen molar-refractivity contribution in [1.82, 2.24) is 16.2 Å². The minimum absolute atomic E-state index is 0.386. The zero-order valence-electron chi connectivity index (χ0n) is 12.8. The maximum absolute atomic E-state index is 5.45. The molecule has 0 amide bonds. The zero-order valence-corrected chi connectivity index (χ0v) is 12.8. The van der Waals surface area contributed by atoms with Crippen LogP contribution in [0, 0.1) is 5.92 Å². The summed E-state index contributed by atoms with van der Waals surface area (Å²) in [4.78, 5) is 0. The first-order valence-electron chi connectivity index (χ1n) is 7.72. The molecule has 1 aliphatic heterocycles. The van der Waals surface area contributed by atoms with Crippen molar-refractivity contribution in [3.8, 4) is 0 Å². The summed E-state index contributed by atoms with van der Waals surface area (Å²) >= 11 is 0. The number of nitrogens with one attached hydrogen (secondary N) is 3. The standard InChI is InChI=1S/C16H27N3O2/c1-20-10-11-21-9-5-8-17-12-15-13-18-19-16(15)14-6-3-2-4-7-14/h2-4,6-7,15-19H,5,8-13H2,1H3. The van der Waals surface area contributed by atoms with Crippen molar-refractivity contribution in [2.24, 2.45) is 5.92 Å². The van der Waals surface area contributed by atoms with Crippen LogP contribution in [0.2, 0.25) is 0 Å². The highest BCUT2D eigenvalue weighted by molar-refractivity contribution is 5.20. The van der Waals surface area contributed by atoms with Crippen LogP contribution in [0.3, 0.4) is 0 Å². The van der Waals surface area contributed by atoms with Crippen molar-refractivity contribution >= 4 is 0 Å². The molecule has 0 bridgehead atoms. The third kappa shape index (κ3) is 5.73. The predicted octanol–water partition coefficient (Wildman–Crippen LogP) is 1.09. The van der Waals surface area contributed by atoms with E-state index in [2.05, 4.69) is 46.5 Å². The Morgan fingerprint density at radius 1 is 1.19 bits per heavy atom. The number of hydrazine groups is 1. The number of benzene rings is 1. The van der Waals surface area contributed by atoms with E-state index in [0.717, 1.165) is 32.7 Å². The van der Waals surface area contributed by atoms with Crippen LogP contribution >= 0.6 is 0 Å². The molecule has 0 spiro atoms. The molecular weight excluding hydrogens is 266 g/mol. The average molecular weight is 293 g/mol. The van der Waals surface area contributed by atoms with Crippen LogP contribution < -0.4 is 16.2 Å². The number of rotatable bonds is 10. The minimum Gasteiger partial charge on any atom is -0.382 e. The molecule has 2 unspecified atom stereocenters. The lowest BCUT2D eigenvalue weighted by molar-refractivity contribution is 0.0694. The van der Waals surface area contributed by atoms with Gasteiger partial charge in [-0.15, -0.1) is 0 Å². The van der Waals surface area contributed by atoms with Gasteiger partial charge in [0.05, 0.1) is 19.3 Å². The number of ether oxygens (including phenoxy) is 2. The fraction of sp³-hybridized carbons (Fsp3) is 0.625. The van der Waals surface area contributed by atoms with Crippen molar-refractivity contribution in [1.29, 1.82) is 0 Å². The molecule has 1 saturated heterocycles. The third-order valence-electron chi connectivity index (χ3n) is 3.73. The van der Waals surface area contributed by atoms with Crippen molar-refractivity contribution in [3.63, 3.8) is 0 Å². The topological polar surface area (TPSA) is 54.6 Å². The molecule has 1 aromatic carbocycles. The molecule has 0 aliphatic carbocycles. The molecule has 118 valence electrons. The molecule has 0 radical (unpaired) electrons. The fourth-order valence-electron chi connectivity index (χ4n) is 2.57. The van der Waals surface area contributed by atoms with Crippen LogP contribution in [0.4, 0.5) is 0 Å². The van der Waals surface area contributed by atoms with Gasteiger partial charge in [-0.05, 0) is 18.5 Å². The van der Waals surface area contributed by atoms with E-state index in [0.29, 0.717) is 25.2 Å². The van der Waals surface area contributed by atoms with E-state index in [4.69, 9.17) is 9.47 Å². The smallest absolute Gasteiger partial charge is 0.0700 e. The van der Waals surface area contributed by atoms with E-state index >= 15 is 0 Å². The third-order valence-corrected chi connectivity index (χ3v) is 3.73. The Hall–Kier alpha value is -0.980. The monoisotopic (exact) mass is 293 g/mol. The lowest BCUT2D eigenvalue weighted by Crippen LogP contribution is -2.29. The van der Waals surface area contributed by atoms with E-state index in [1.807, 2.05) is 0 Å². The summed E-state index contributed by atoms with van der Waals surface area (Å²) in [5.41, 5.74) is 7.98. The molecular formula is C16H27N3O2. The first-order valence-corrected chi connectivity index (χ1v) is 7.72. The largest absolute Gasteiger partial charge is 0.382 e. The van der Waals surface area contributed by atoms with Crippen molar-refractivity contribution in [2.45, 2.75) is 12.5 Å². The highest BCUT2D eigenvalue weighted by atomic mass is 16.5. The van der Waals surface area contributed by atoms with Gasteiger partial charge in [0.2, 0.25) is 0 Å². The quantitative estimate of drug-likeness (QED) is 0.564. The summed E-state index contributed by atoms with van der Waals surface area (Å²) in [7, 11) is 1.69. The van der Waals surface area contributed by atoms with E-state index in [9.17, 15) is 0 Å². The van der Waals surface area contributed by atoms with Crippen LogP contribution in [-0.2, 0) is 9.47 Å². The molecule has 2 rings (SSSR count). The summed E-state index contributed by atoms with van der Waals surface area (Å²) in [6.07, 6.45) is 1.04. The summed E-state index contributed by atoms with van der Waals surface area (Å²) in [5, 5.41) is 3.53. The molecule has 0 saturated carbocycles. The zero-order chi connectivity index (χ0) is 14.8. The Morgan fingerprint density at radius 3 is 2.86 bits per heavy atom. The van der Waals surface area contributed by atoms with Gasteiger partial charge in [-0.1, -0.05) is 30.3 Å². The van der Waals surface area contributed by atoms with E-state index < -0.39 is 0 Å². The molecule has 1 aromatic rings. The van der Waals surface area contributed by atoms with Gasteiger partial charge in [-0.25, -0.2) is 5.43 Å². The molecule has 2 atom stereocenters. The van der Waals surface area contributed by atoms with Gasteiger partial charge >= 0.3 is 0 Å². The summed E-state index contributed by atoms with van der Waals surface area (Å²) in [5.74, 6) is 0.571. The van der Waals surface area contributed by atoms with Crippen LogP contribution in [0.5, 0.6) is 0 Å². The van der Waals surface area contributed by atoms with Crippen molar-refractivity contribution in [3.05, 3.63) is 35.9 Å². The number of hydrogen-bond acceptors (Lipinski definition) is 5. The Bertz CT molecular complexity index is 375. The van der Waals surface area contributed by atoms with E-state index in [1.165, 1.54) is 5.56 Å². The average Bonchev–Trinajstić information content (AvgIpc) is 2.99. The Balaban J connectivity index is 1.60. The van der Waals surface area contributed by atoms with Gasteiger partial charge in [0.1, 0.15) is 0 Å². The lowest BCUT2D eigenvalue weighted by atomic mass is 9.95. The van der Waals surface area contributed by atoms with Gasteiger partial charge in [0.15, 0.2) is 0 Å². The highest BCUT2D eigenvalue weighted by Gasteiger charge is 2.27. The van der Waals surface area contributed by atoms with Gasteiger partial charge in [0.25, 0.3) is 0 Å². The summed E-state index contributed by atoms with van der Waals surface area (Å²) < 4.78 is 10.4. The van der Waals surface area contributed by atoms with Gasteiger partial charge in [-0.2, -0.15) is 0 Å². The second-order valence-corrected chi connectivity index (χ2v) is 5.34. The number of methoxy groups -OCH3 is 1. The molecule has 1 fully saturated rings. The Kier molecular flexibility index (Phi) is 7.70. The highest BCUT2D eigenvalue weighted by Crippen LogP contribution is 2.23. The normalized spacial score (nSPS) is 21.8. The van der Waals surface area contributed by atoms with Gasteiger partial charge in [0, 0.05) is 32.7 Å². The van der Waals surface area contributed by atoms with Gasteiger partial charge < -0.3 is 14.8 Å². The first-order chi connectivity index (χ1) is 10.4. The lowest BCUT2D eigenvalue weighted by Gasteiger charge is -2.19. The second kappa shape index (κ2) is 9.87. The second-order valence-electron chi connectivity index (χ2n) is 5.34. The maximum Gasteiger partial charge on any atom is 0.0700 e. The molecule has 5 heteroatoms. The van der Waals surface area contributed by atoms with Crippen molar-refractivity contribution < 1.29 is 9.47 Å². The molecule has 5 nitrogen and oxygen atoms in total. The maximum atomic E-state index is 5.45. The minimum atomic E-state index is 0.386. The Morgan fingerprint density at radius 2 is 2.05 bits per heavy atom. The van der Waals surface area contributed by atoms with Crippen LogP contribution in [-0.4, -0.2) is 46.6 Å². The van der Waals surface area contributed by atoms with E-state index in [-0.39, 0.29) is 0 Å². The summed E-state index contributed by atoms with van der Waals surface area (Å²) in [6.45, 7) is 5.15. The fourth-order valence-corrected chi connectivity index (χ4v) is 2.57. The summed E-state index contributed by atoms with van der Waals surface area (Å²) in [6, 6.07) is 11.0. The van der Waals surface area contributed by atoms with Gasteiger partial charge in [-0.3, -0.25) is 5.43 Å².